The van der Waals surface area contributed by atoms with Crippen LogP contribution >= 0.6 is 0 Å². The molecule has 2 heterocycles. The standard InChI is InChI=1S/C16H22N4O3/c1-21-14-10-13-12(16(17)19-11-18-13)9-15(14)23-6-2-3-20-4-7-22-8-5-20/h9-11H,2-8H2,1H3,(H2,17,18,19). The monoisotopic (exact) mass is 318 g/mol. The second kappa shape index (κ2) is 7.43. The summed E-state index contributed by atoms with van der Waals surface area (Å²) in [7, 11) is 1.62. The molecule has 0 saturated carbocycles. The van der Waals surface area contributed by atoms with E-state index in [-0.39, 0.29) is 0 Å². The van der Waals surface area contributed by atoms with Crippen molar-refractivity contribution >= 4 is 16.7 Å². The number of nitrogen functional groups attached to an aromatic ring is 1. The predicted molar refractivity (Wildman–Crippen MR) is 87.9 cm³/mol. The van der Waals surface area contributed by atoms with Gasteiger partial charge in [0.2, 0.25) is 0 Å². The van der Waals surface area contributed by atoms with Gasteiger partial charge in [-0.2, -0.15) is 0 Å². The Morgan fingerprint density at radius 3 is 2.83 bits per heavy atom. The second-order valence-electron chi connectivity index (χ2n) is 5.44. The van der Waals surface area contributed by atoms with Crippen LogP contribution in [0.3, 0.4) is 0 Å². The zero-order chi connectivity index (χ0) is 16.1. The topological polar surface area (TPSA) is 82.7 Å². The van der Waals surface area contributed by atoms with Crippen LogP contribution in [0.15, 0.2) is 18.5 Å². The first-order valence-electron chi connectivity index (χ1n) is 7.79. The lowest BCUT2D eigenvalue weighted by Crippen LogP contribution is -2.37. The highest BCUT2D eigenvalue weighted by atomic mass is 16.5. The van der Waals surface area contributed by atoms with Gasteiger partial charge in [0.25, 0.3) is 0 Å². The molecule has 0 unspecified atom stereocenters. The van der Waals surface area contributed by atoms with Crippen LogP contribution in [0.25, 0.3) is 10.9 Å². The minimum Gasteiger partial charge on any atom is -0.493 e. The van der Waals surface area contributed by atoms with Gasteiger partial charge in [-0.1, -0.05) is 0 Å². The zero-order valence-electron chi connectivity index (χ0n) is 13.3. The maximum Gasteiger partial charge on any atom is 0.162 e. The molecule has 0 amide bonds. The minimum absolute atomic E-state index is 0.441. The summed E-state index contributed by atoms with van der Waals surface area (Å²) in [5.41, 5.74) is 6.65. The molecule has 0 atom stereocenters. The summed E-state index contributed by atoms with van der Waals surface area (Å²) in [6, 6.07) is 3.67. The lowest BCUT2D eigenvalue weighted by Gasteiger charge is -2.26. The molecule has 7 heteroatoms. The fourth-order valence-electron chi connectivity index (χ4n) is 2.65. The lowest BCUT2D eigenvalue weighted by atomic mass is 10.2. The maximum atomic E-state index is 5.90. The average molecular weight is 318 g/mol. The summed E-state index contributed by atoms with van der Waals surface area (Å²) in [5, 5.41) is 0.775. The van der Waals surface area contributed by atoms with Gasteiger partial charge in [-0.05, 0) is 12.5 Å². The Kier molecular flexibility index (Phi) is 5.09. The minimum atomic E-state index is 0.441. The molecule has 1 aromatic carbocycles. The number of hydrogen-bond acceptors (Lipinski definition) is 7. The molecule has 3 rings (SSSR count). The number of nitrogens with zero attached hydrogens (tertiary/aromatic N) is 3. The fraction of sp³-hybridized carbons (Fsp3) is 0.500. The summed E-state index contributed by atoms with van der Waals surface area (Å²) < 4.78 is 16.6. The smallest absolute Gasteiger partial charge is 0.162 e. The van der Waals surface area contributed by atoms with E-state index in [0.29, 0.717) is 23.9 Å². The molecule has 1 saturated heterocycles. The maximum absolute atomic E-state index is 5.90. The molecule has 2 N–H and O–H groups in total. The molecule has 7 nitrogen and oxygen atoms in total. The van der Waals surface area contributed by atoms with Gasteiger partial charge in [-0.25, -0.2) is 9.97 Å². The first-order valence-corrected chi connectivity index (χ1v) is 7.79. The molecule has 1 aliphatic rings. The highest BCUT2D eigenvalue weighted by Crippen LogP contribution is 2.33. The number of morpholine rings is 1. The van der Waals surface area contributed by atoms with Crippen LogP contribution in [-0.4, -0.2) is 61.4 Å². The van der Waals surface area contributed by atoms with E-state index in [2.05, 4.69) is 14.9 Å². The fourth-order valence-corrected chi connectivity index (χ4v) is 2.65. The first kappa shape index (κ1) is 15.8. The van der Waals surface area contributed by atoms with Crippen LogP contribution in [0.4, 0.5) is 5.82 Å². The van der Waals surface area contributed by atoms with Gasteiger partial charge >= 0.3 is 0 Å². The van der Waals surface area contributed by atoms with Crippen LogP contribution in [0.5, 0.6) is 11.5 Å². The van der Waals surface area contributed by atoms with Crippen molar-refractivity contribution in [3.8, 4) is 11.5 Å². The molecule has 0 spiro atoms. The molecule has 0 aliphatic carbocycles. The third-order valence-corrected chi connectivity index (χ3v) is 3.93. The van der Waals surface area contributed by atoms with Crippen LogP contribution in [0, 0.1) is 0 Å². The van der Waals surface area contributed by atoms with Gasteiger partial charge in [0.1, 0.15) is 12.1 Å². The molecule has 23 heavy (non-hydrogen) atoms. The van der Waals surface area contributed by atoms with Crippen LogP contribution in [0.2, 0.25) is 0 Å². The van der Waals surface area contributed by atoms with Crippen molar-refractivity contribution in [1.82, 2.24) is 14.9 Å². The molecular weight excluding hydrogens is 296 g/mol. The Balaban J connectivity index is 1.63. The van der Waals surface area contributed by atoms with E-state index < -0.39 is 0 Å². The number of anilines is 1. The number of benzene rings is 1. The first-order chi connectivity index (χ1) is 11.3. The largest absolute Gasteiger partial charge is 0.493 e. The molecular formula is C16H22N4O3. The molecule has 0 radical (unpaired) electrons. The number of fused-ring (bicyclic) bond motifs is 1. The molecule has 2 aromatic rings. The summed E-state index contributed by atoms with van der Waals surface area (Å²) in [5.74, 6) is 1.77. The number of rotatable bonds is 6. The van der Waals surface area contributed by atoms with Gasteiger partial charge in [0, 0.05) is 31.1 Å². The van der Waals surface area contributed by atoms with Gasteiger partial charge in [-0.15, -0.1) is 0 Å². The Morgan fingerprint density at radius 1 is 1.22 bits per heavy atom. The summed E-state index contributed by atoms with van der Waals surface area (Å²) in [6.07, 6.45) is 2.39. The Bertz CT molecular complexity index is 659. The van der Waals surface area contributed by atoms with E-state index in [1.165, 1.54) is 6.33 Å². The lowest BCUT2D eigenvalue weighted by molar-refractivity contribution is 0.0357. The molecule has 1 aromatic heterocycles. The predicted octanol–water partition coefficient (Wildman–Crippen LogP) is 1.32. The Hall–Kier alpha value is -2.12. The summed E-state index contributed by atoms with van der Waals surface area (Å²) in [4.78, 5) is 10.6. The third-order valence-electron chi connectivity index (χ3n) is 3.93. The molecule has 124 valence electrons. The number of ether oxygens (including phenoxy) is 3. The quantitative estimate of drug-likeness (QED) is 0.804. The van der Waals surface area contributed by atoms with E-state index in [4.69, 9.17) is 19.9 Å². The van der Waals surface area contributed by atoms with Crippen LogP contribution in [0.1, 0.15) is 6.42 Å². The van der Waals surface area contributed by atoms with Crippen molar-refractivity contribution in [2.24, 2.45) is 0 Å². The summed E-state index contributed by atoms with van der Waals surface area (Å²) in [6.45, 7) is 5.24. The molecule has 1 fully saturated rings. The van der Waals surface area contributed by atoms with Crippen molar-refractivity contribution in [3.05, 3.63) is 18.5 Å². The van der Waals surface area contributed by atoms with Crippen molar-refractivity contribution in [2.75, 3.05) is 52.3 Å². The Morgan fingerprint density at radius 2 is 2.04 bits per heavy atom. The summed E-state index contributed by atoms with van der Waals surface area (Å²) >= 11 is 0. The van der Waals surface area contributed by atoms with E-state index >= 15 is 0 Å². The van der Waals surface area contributed by atoms with Crippen molar-refractivity contribution in [1.29, 1.82) is 0 Å². The average Bonchev–Trinajstić information content (AvgIpc) is 2.59. The van der Waals surface area contributed by atoms with Crippen LogP contribution in [-0.2, 0) is 4.74 Å². The number of methoxy groups -OCH3 is 1. The van der Waals surface area contributed by atoms with Gasteiger partial charge in [0.05, 0.1) is 32.4 Å². The SMILES string of the molecule is COc1cc2ncnc(N)c2cc1OCCCN1CCOCC1. The van der Waals surface area contributed by atoms with E-state index in [1.807, 2.05) is 12.1 Å². The number of hydrogen-bond donors (Lipinski definition) is 1. The van der Waals surface area contributed by atoms with Crippen LogP contribution < -0.4 is 15.2 Å². The second-order valence-corrected chi connectivity index (χ2v) is 5.44. The number of nitrogens with two attached hydrogens (primary N) is 1. The van der Waals surface area contributed by atoms with E-state index in [1.54, 1.807) is 7.11 Å². The zero-order valence-corrected chi connectivity index (χ0v) is 13.3. The Labute approximate surface area is 135 Å². The van der Waals surface area contributed by atoms with Gasteiger partial charge in [-0.3, -0.25) is 4.90 Å². The van der Waals surface area contributed by atoms with E-state index in [0.717, 1.165) is 50.2 Å². The molecule has 0 bridgehead atoms. The normalized spacial score (nSPS) is 15.7. The van der Waals surface area contributed by atoms with E-state index in [9.17, 15) is 0 Å². The highest BCUT2D eigenvalue weighted by Gasteiger charge is 2.12. The van der Waals surface area contributed by atoms with Crippen molar-refractivity contribution in [3.63, 3.8) is 0 Å². The van der Waals surface area contributed by atoms with Gasteiger partial charge in [0.15, 0.2) is 11.5 Å². The number of aromatic nitrogens is 2. The van der Waals surface area contributed by atoms with Crippen molar-refractivity contribution in [2.45, 2.75) is 6.42 Å². The third kappa shape index (κ3) is 3.80. The van der Waals surface area contributed by atoms with Crippen molar-refractivity contribution < 1.29 is 14.2 Å². The van der Waals surface area contributed by atoms with Gasteiger partial charge < -0.3 is 19.9 Å². The molecule has 1 aliphatic heterocycles. The highest BCUT2D eigenvalue weighted by molar-refractivity contribution is 5.90.